The summed E-state index contributed by atoms with van der Waals surface area (Å²) < 4.78 is 21.9. The van der Waals surface area contributed by atoms with Crippen molar-refractivity contribution in [2.24, 2.45) is 7.05 Å². The molecule has 0 bridgehead atoms. The van der Waals surface area contributed by atoms with Crippen LogP contribution in [0.1, 0.15) is 5.56 Å². The van der Waals surface area contributed by atoms with Crippen LogP contribution in [-0.4, -0.2) is 18.8 Å². The summed E-state index contributed by atoms with van der Waals surface area (Å²) in [5, 5.41) is 0. The Kier molecular flexibility index (Phi) is 6.61. The Morgan fingerprint density at radius 3 is 2.25 bits per heavy atom. The number of aromatic nitrogens is 2. The number of phosphoric ester groups is 1. The molecule has 1 heterocycles. The summed E-state index contributed by atoms with van der Waals surface area (Å²) in [5.74, 6) is 0. The molecule has 6 nitrogen and oxygen atoms in total. The molecule has 0 spiro atoms. The minimum absolute atomic E-state index is 0.946. The third-order valence-corrected chi connectivity index (χ3v) is 3.37. The van der Waals surface area contributed by atoms with Crippen molar-refractivity contribution in [3.05, 3.63) is 54.6 Å². The minimum atomic E-state index is -3.90. The number of benzene rings is 1. The van der Waals surface area contributed by atoms with Gasteiger partial charge in [-0.1, -0.05) is 30.3 Å². The first-order chi connectivity index (χ1) is 9.46. The summed E-state index contributed by atoms with van der Waals surface area (Å²) in [7, 11) is 0.203. The molecule has 2 aromatic rings. The topological polar surface area (TPSA) is 67.4 Å². The van der Waals surface area contributed by atoms with Crippen molar-refractivity contribution >= 4 is 7.82 Å². The molecule has 0 saturated carbocycles. The maximum Gasteiger partial charge on any atom is 0.267 e. The van der Waals surface area contributed by atoms with Gasteiger partial charge in [-0.15, -0.1) is 0 Å². The molecule has 1 aromatic carbocycles. The molecule has 0 saturated heterocycles. The highest BCUT2D eigenvalue weighted by molar-refractivity contribution is 7.45. The minimum Gasteiger partial charge on any atom is -0.756 e. The lowest BCUT2D eigenvalue weighted by atomic mass is 10.2. The van der Waals surface area contributed by atoms with Crippen LogP contribution in [0, 0.1) is 0 Å². The molecule has 7 heteroatoms. The molecule has 110 valence electrons. The van der Waals surface area contributed by atoms with Crippen LogP contribution in [0.4, 0.5) is 0 Å². The predicted octanol–water partition coefficient (Wildman–Crippen LogP) is 1.11. The molecule has 0 aliphatic carbocycles. The molecule has 0 radical (unpaired) electrons. The van der Waals surface area contributed by atoms with Crippen molar-refractivity contribution in [2.75, 3.05) is 14.2 Å². The van der Waals surface area contributed by atoms with Gasteiger partial charge in [-0.2, -0.15) is 0 Å². The van der Waals surface area contributed by atoms with E-state index < -0.39 is 7.82 Å². The van der Waals surface area contributed by atoms with Crippen molar-refractivity contribution in [1.29, 1.82) is 0 Å². The number of rotatable bonds is 4. The summed E-state index contributed by atoms with van der Waals surface area (Å²) in [5.41, 5.74) is 1.33. The van der Waals surface area contributed by atoms with Gasteiger partial charge in [-0.3, -0.25) is 4.57 Å². The lowest BCUT2D eigenvalue weighted by molar-refractivity contribution is -0.671. The highest BCUT2D eigenvalue weighted by Crippen LogP contribution is 2.34. The second kappa shape index (κ2) is 7.97. The summed E-state index contributed by atoms with van der Waals surface area (Å²) >= 11 is 0. The van der Waals surface area contributed by atoms with Gasteiger partial charge in [-0.25, -0.2) is 9.13 Å². The van der Waals surface area contributed by atoms with Gasteiger partial charge in [0.2, 0.25) is 6.33 Å². The lowest BCUT2D eigenvalue weighted by Crippen LogP contribution is -2.23. The first-order valence-corrected chi connectivity index (χ1v) is 7.40. The first-order valence-electron chi connectivity index (χ1n) is 5.94. The maximum absolute atomic E-state index is 9.95. The van der Waals surface area contributed by atoms with Gasteiger partial charge in [-0.05, 0) is 5.56 Å². The van der Waals surface area contributed by atoms with Crippen LogP contribution >= 0.6 is 7.82 Å². The standard InChI is InChI=1S/C11H13N2.C2H7O4P/c1-12-7-8-13(10-12)9-11-5-3-2-4-6-11;1-5-7(3,4)6-2/h2-8,10H,9H2,1H3;1-2H3,(H,3,4)/q+1;/p-1. The average Bonchev–Trinajstić information content (AvgIpc) is 2.86. The summed E-state index contributed by atoms with van der Waals surface area (Å²) in [6.45, 7) is 0.946. The summed E-state index contributed by atoms with van der Waals surface area (Å²) in [4.78, 5) is 9.95. The molecule has 0 aliphatic rings. The van der Waals surface area contributed by atoms with E-state index in [4.69, 9.17) is 0 Å². The largest absolute Gasteiger partial charge is 0.756 e. The fourth-order valence-electron chi connectivity index (χ4n) is 1.46. The van der Waals surface area contributed by atoms with Crippen molar-refractivity contribution in [3.63, 3.8) is 0 Å². The normalized spacial score (nSPS) is 10.8. The molecular formula is C13H19N2O4P. The van der Waals surface area contributed by atoms with Crippen LogP contribution in [0.15, 0.2) is 49.1 Å². The van der Waals surface area contributed by atoms with Crippen LogP contribution in [0.5, 0.6) is 0 Å². The Morgan fingerprint density at radius 2 is 1.85 bits per heavy atom. The number of phosphoric acid groups is 1. The Labute approximate surface area is 118 Å². The third kappa shape index (κ3) is 6.12. The smallest absolute Gasteiger partial charge is 0.267 e. The van der Waals surface area contributed by atoms with Crippen LogP contribution in [0.25, 0.3) is 0 Å². The molecule has 2 rings (SSSR count). The van der Waals surface area contributed by atoms with E-state index in [9.17, 15) is 9.46 Å². The monoisotopic (exact) mass is 298 g/mol. The average molecular weight is 298 g/mol. The van der Waals surface area contributed by atoms with E-state index in [0.29, 0.717) is 0 Å². The zero-order valence-electron chi connectivity index (χ0n) is 11.8. The van der Waals surface area contributed by atoms with Crippen molar-refractivity contribution < 1.29 is 23.1 Å². The fraction of sp³-hybridized carbons (Fsp3) is 0.308. The Morgan fingerprint density at radius 1 is 1.25 bits per heavy atom. The number of hydrogen-bond donors (Lipinski definition) is 0. The van der Waals surface area contributed by atoms with Gasteiger partial charge in [0.15, 0.2) is 0 Å². The zero-order chi connectivity index (χ0) is 15.0. The predicted molar refractivity (Wildman–Crippen MR) is 72.8 cm³/mol. The van der Waals surface area contributed by atoms with Crippen molar-refractivity contribution in [2.45, 2.75) is 6.54 Å². The molecular weight excluding hydrogens is 279 g/mol. The Balaban J connectivity index is 0.000000246. The van der Waals surface area contributed by atoms with Crippen LogP contribution in [0.2, 0.25) is 0 Å². The van der Waals surface area contributed by atoms with Crippen molar-refractivity contribution in [1.82, 2.24) is 4.57 Å². The fourth-order valence-corrected chi connectivity index (χ4v) is 1.61. The van der Waals surface area contributed by atoms with Crippen LogP contribution in [-0.2, 0) is 27.2 Å². The van der Waals surface area contributed by atoms with Gasteiger partial charge in [0.25, 0.3) is 7.82 Å². The van der Waals surface area contributed by atoms with E-state index in [0.717, 1.165) is 20.8 Å². The Hall–Kier alpha value is -1.46. The third-order valence-electron chi connectivity index (χ3n) is 2.48. The van der Waals surface area contributed by atoms with E-state index in [2.05, 4.69) is 50.4 Å². The van der Waals surface area contributed by atoms with Crippen LogP contribution in [0.3, 0.4) is 0 Å². The number of nitrogens with zero attached hydrogens (tertiary/aromatic N) is 2. The van der Waals surface area contributed by atoms with Gasteiger partial charge in [0.1, 0.15) is 18.9 Å². The molecule has 0 amide bonds. The highest BCUT2D eigenvalue weighted by atomic mass is 31.2. The molecule has 0 N–H and O–H groups in total. The number of hydrogen-bond acceptors (Lipinski definition) is 4. The quantitative estimate of drug-likeness (QED) is 0.626. The zero-order valence-corrected chi connectivity index (χ0v) is 12.7. The lowest BCUT2D eigenvalue weighted by Gasteiger charge is -2.16. The highest BCUT2D eigenvalue weighted by Gasteiger charge is 2.00. The van der Waals surface area contributed by atoms with E-state index in [1.807, 2.05) is 23.9 Å². The van der Waals surface area contributed by atoms with E-state index in [1.54, 1.807) is 0 Å². The van der Waals surface area contributed by atoms with Crippen molar-refractivity contribution in [3.8, 4) is 0 Å². The molecule has 1 aromatic heterocycles. The summed E-state index contributed by atoms with van der Waals surface area (Å²) in [6.07, 6.45) is 6.20. The van der Waals surface area contributed by atoms with Gasteiger partial charge in [0.05, 0.1) is 7.05 Å². The second-order valence-corrected chi connectivity index (χ2v) is 5.67. The van der Waals surface area contributed by atoms with Gasteiger partial charge < -0.3 is 13.9 Å². The molecule has 0 aliphatic heterocycles. The molecule has 0 atom stereocenters. The number of aryl methyl sites for hydroxylation is 1. The van der Waals surface area contributed by atoms with E-state index in [1.165, 1.54) is 5.56 Å². The van der Waals surface area contributed by atoms with Gasteiger partial charge >= 0.3 is 0 Å². The van der Waals surface area contributed by atoms with Crippen LogP contribution < -0.4 is 9.46 Å². The second-order valence-electron chi connectivity index (χ2n) is 4.05. The number of imidazole rings is 1. The van der Waals surface area contributed by atoms with Gasteiger partial charge in [0, 0.05) is 14.2 Å². The molecule has 0 unspecified atom stereocenters. The molecule has 20 heavy (non-hydrogen) atoms. The van der Waals surface area contributed by atoms with E-state index >= 15 is 0 Å². The summed E-state index contributed by atoms with van der Waals surface area (Å²) in [6, 6.07) is 10.5. The molecule has 0 fully saturated rings. The maximum atomic E-state index is 9.95. The van der Waals surface area contributed by atoms with E-state index in [-0.39, 0.29) is 0 Å². The Bertz CT molecular complexity index is 549. The first kappa shape index (κ1) is 16.6. The SMILES string of the molecule is COP(=O)([O-])OC.C[n+]1ccn(Cc2ccccc2)c1.